The first-order valence-electron chi connectivity index (χ1n) is 9.06. The molecule has 0 saturated carbocycles. The van der Waals surface area contributed by atoms with Crippen molar-refractivity contribution in [2.24, 2.45) is 0 Å². The third kappa shape index (κ3) is 4.57. The molecule has 1 aromatic carbocycles. The maximum Gasteiger partial charge on any atom is 0.248 e. The molecule has 2 aromatic rings. The van der Waals surface area contributed by atoms with E-state index >= 15 is 0 Å². The first-order chi connectivity index (χ1) is 13.0. The van der Waals surface area contributed by atoms with Crippen LogP contribution < -0.4 is 4.90 Å². The number of aromatic nitrogens is 2. The number of methoxy groups -OCH3 is 1. The molecule has 0 spiro atoms. The van der Waals surface area contributed by atoms with E-state index in [-0.39, 0.29) is 18.4 Å². The van der Waals surface area contributed by atoms with Gasteiger partial charge in [-0.1, -0.05) is 23.7 Å². The molecule has 6 nitrogen and oxygen atoms in total. The lowest BCUT2D eigenvalue weighted by atomic mass is 9.90. The Labute approximate surface area is 165 Å². The average molecular weight is 389 g/mol. The van der Waals surface area contributed by atoms with E-state index in [1.54, 1.807) is 7.11 Å². The van der Waals surface area contributed by atoms with Crippen molar-refractivity contribution < 1.29 is 9.53 Å². The summed E-state index contributed by atoms with van der Waals surface area (Å²) >= 11 is 6.04. The smallest absolute Gasteiger partial charge is 0.248 e. The Morgan fingerprint density at radius 1 is 1.33 bits per heavy atom. The van der Waals surface area contributed by atoms with Crippen LogP contribution in [0.1, 0.15) is 24.5 Å². The normalized spacial score (nSPS) is 17.0. The second-order valence-corrected chi connectivity index (χ2v) is 7.42. The molecule has 3 rings (SSSR count). The van der Waals surface area contributed by atoms with Gasteiger partial charge in [-0.3, -0.25) is 4.79 Å². The minimum Gasteiger partial charge on any atom is -0.375 e. The monoisotopic (exact) mass is 388 g/mol. The van der Waals surface area contributed by atoms with Gasteiger partial charge >= 0.3 is 0 Å². The van der Waals surface area contributed by atoms with Crippen LogP contribution in [0.5, 0.6) is 0 Å². The molecule has 1 saturated heterocycles. The molecule has 1 atom stereocenters. The Balaban J connectivity index is 1.97. The van der Waals surface area contributed by atoms with Crippen molar-refractivity contribution in [3.05, 3.63) is 41.2 Å². The maximum absolute atomic E-state index is 12.3. The van der Waals surface area contributed by atoms with Gasteiger partial charge in [-0.2, -0.15) is 0 Å². The van der Waals surface area contributed by atoms with Gasteiger partial charge in [0.05, 0.1) is 5.69 Å². The van der Waals surface area contributed by atoms with Crippen LogP contribution in [0.4, 0.5) is 5.95 Å². The Morgan fingerprint density at radius 2 is 2.07 bits per heavy atom. The summed E-state index contributed by atoms with van der Waals surface area (Å²) < 4.78 is 5.02. The molecule has 1 aliphatic heterocycles. The fraction of sp³-hybridized carbons (Fsp3) is 0.450. The second-order valence-electron chi connectivity index (χ2n) is 6.98. The molecule has 0 unspecified atom stereocenters. The standard InChI is InChI=1S/C20H25ClN4O2/c1-24(2)20-22-11-17(14-6-8-16(21)9-7-14)19(23-20)15-5-4-10-25(12-15)18(26)13-27-3/h6-9,11,15H,4-5,10,12-13H2,1-3H3/t15-/m0/s1. The molecule has 144 valence electrons. The van der Waals surface area contributed by atoms with E-state index in [0.29, 0.717) is 17.5 Å². The average Bonchev–Trinajstić information content (AvgIpc) is 2.68. The van der Waals surface area contributed by atoms with Gasteiger partial charge in [0.25, 0.3) is 0 Å². The van der Waals surface area contributed by atoms with Crippen LogP contribution in [0.15, 0.2) is 30.5 Å². The largest absolute Gasteiger partial charge is 0.375 e. The predicted octanol–water partition coefficient (Wildman–Crippen LogP) is 3.22. The Bertz CT molecular complexity index is 795. The van der Waals surface area contributed by atoms with E-state index in [1.165, 1.54) is 0 Å². The molecule has 1 amide bonds. The molecule has 27 heavy (non-hydrogen) atoms. The summed E-state index contributed by atoms with van der Waals surface area (Å²) in [4.78, 5) is 25.4. The van der Waals surface area contributed by atoms with Crippen LogP contribution in [0, 0.1) is 0 Å². The van der Waals surface area contributed by atoms with Crippen LogP contribution in [0.25, 0.3) is 11.1 Å². The number of benzene rings is 1. The van der Waals surface area contributed by atoms with Crippen molar-refractivity contribution >= 4 is 23.5 Å². The van der Waals surface area contributed by atoms with Crippen LogP contribution in [0.3, 0.4) is 0 Å². The maximum atomic E-state index is 12.3. The van der Waals surface area contributed by atoms with E-state index in [0.717, 1.165) is 36.2 Å². The summed E-state index contributed by atoms with van der Waals surface area (Å²) in [6, 6.07) is 7.71. The summed E-state index contributed by atoms with van der Waals surface area (Å²) in [6.07, 6.45) is 3.81. The van der Waals surface area contributed by atoms with Crippen LogP contribution in [-0.4, -0.2) is 61.7 Å². The number of amides is 1. The molecule has 0 N–H and O–H groups in total. The molecular weight excluding hydrogens is 364 g/mol. The molecule has 1 fully saturated rings. The highest BCUT2D eigenvalue weighted by Gasteiger charge is 2.28. The quantitative estimate of drug-likeness (QED) is 0.787. The topological polar surface area (TPSA) is 58.6 Å². The van der Waals surface area contributed by atoms with Gasteiger partial charge in [-0.15, -0.1) is 0 Å². The van der Waals surface area contributed by atoms with E-state index in [1.807, 2.05) is 54.4 Å². The molecule has 0 aliphatic carbocycles. The summed E-state index contributed by atoms with van der Waals surface area (Å²) in [7, 11) is 5.40. The molecule has 7 heteroatoms. The van der Waals surface area contributed by atoms with Crippen LogP contribution in [-0.2, 0) is 9.53 Å². The number of hydrogen-bond donors (Lipinski definition) is 0. The van der Waals surface area contributed by atoms with Crippen LogP contribution >= 0.6 is 11.6 Å². The van der Waals surface area contributed by atoms with E-state index in [4.69, 9.17) is 21.3 Å². The van der Waals surface area contributed by atoms with E-state index < -0.39 is 0 Å². The van der Waals surface area contributed by atoms with Crippen molar-refractivity contribution in [1.82, 2.24) is 14.9 Å². The van der Waals surface area contributed by atoms with Crippen molar-refractivity contribution in [3.63, 3.8) is 0 Å². The second kappa shape index (κ2) is 8.67. The van der Waals surface area contributed by atoms with Crippen molar-refractivity contribution in [3.8, 4) is 11.1 Å². The molecular formula is C20H25ClN4O2. The van der Waals surface area contributed by atoms with Crippen molar-refractivity contribution in [2.45, 2.75) is 18.8 Å². The highest BCUT2D eigenvalue weighted by molar-refractivity contribution is 6.30. The number of nitrogens with zero attached hydrogens (tertiary/aromatic N) is 4. The number of hydrogen-bond acceptors (Lipinski definition) is 5. The minimum atomic E-state index is 0.0251. The zero-order valence-corrected chi connectivity index (χ0v) is 16.7. The number of rotatable bonds is 5. The molecule has 2 heterocycles. The lowest BCUT2D eigenvalue weighted by Gasteiger charge is -2.33. The van der Waals surface area contributed by atoms with Gasteiger partial charge in [-0.05, 0) is 30.5 Å². The molecule has 0 radical (unpaired) electrons. The minimum absolute atomic E-state index is 0.0251. The third-order valence-corrected chi connectivity index (χ3v) is 5.04. The predicted molar refractivity (Wildman–Crippen MR) is 107 cm³/mol. The number of piperidine rings is 1. The third-order valence-electron chi connectivity index (χ3n) is 4.79. The number of likely N-dealkylation sites (tertiary alicyclic amines) is 1. The van der Waals surface area contributed by atoms with Gasteiger partial charge in [0.1, 0.15) is 6.61 Å². The van der Waals surface area contributed by atoms with Crippen molar-refractivity contribution in [2.75, 3.05) is 45.8 Å². The van der Waals surface area contributed by atoms with Gasteiger partial charge < -0.3 is 14.5 Å². The highest BCUT2D eigenvalue weighted by Crippen LogP contribution is 2.34. The lowest BCUT2D eigenvalue weighted by Crippen LogP contribution is -2.41. The van der Waals surface area contributed by atoms with Gasteiger partial charge in [0.15, 0.2) is 0 Å². The van der Waals surface area contributed by atoms with Gasteiger partial charge in [0.2, 0.25) is 11.9 Å². The highest BCUT2D eigenvalue weighted by atomic mass is 35.5. The molecule has 1 aromatic heterocycles. The van der Waals surface area contributed by atoms with E-state index in [9.17, 15) is 4.79 Å². The number of anilines is 1. The summed E-state index contributed by atoms with van der Waals surface area (Å²) in [6.45, 7) is 1.52. The van der Waals surface area contributed by atoms with Crippen molar-refractivity contribution in [1.29, 1.82) is 0 Å². The van der Waals surface area contributed by atoms with Gasteiger partial charge in [-0.25, -0.2) is 9.97 Å². The molecule has 1 aliphatic rings. The van der Waals surface area contributed by atoms with Gasteiger partial charge in [0, 0.05) is 57.0 Å². The number of carbonyl (C=O) groups excluding carboxylic acids is 1. The summed E-state index contributed by atoms with van der Waals surface area (Å²) in [5.74, 6) is 0.854. The van der Waals surface area contributed by atoms with E-state index in [2.05, 4.69) is 4.98 Å². The fourth-order valence-electron chi connectivity index (χ4n) is 3.41. The number of carbonyl (C=O) groups is 1. The Morgan fingerprint density at radius 3 is 2.74 bits per heavy atom. The lowest BCUT2D eigenvalue weighted by molar-refractivity contribution is -0.136. The number of ether oxygens (including phenoxy) is 1. The molecule has 0 bridgehead atoms. The Kier molecular flexibility index (Phi) is 6.29. The first kappa shape index (κ1) is 19.6. The zero-order valence-electron chi connectivity index (χ0n) is 16.0. The summed E-state index contributed by atoms with van der Waals surface area (Å²) in [5.41, 5.74) is 2.99. The number of halogens is 1. The Hall–Kier alpha value is -2.18. The zero-order chi connectivity index (χ0) is 19.4. The SMILES string of the molecule is COCC(=O)N1CCC[C@H](c2nc(N(C)C)ncc2-c2ccc(Cl)cc2)C1. The first-order valence-corrected chi connectivity index (χ1v) is 9.44. The fourth-order valence-corrected chi connectivity index (χ4v) is 3.53. The summed E-state index contributed by atoms with van der Waals surface area (Å²) in [5, 5.41) is 0.695. The van der Waals surface area contributed by atoms with Crippen LogP contribution in [0.2, 0.25) is 5.02 Å².